The van der Waals surface area contributed by atoms with Gasteiger partial charge >= 0.3 is 0 Å². The van der Waals surface area contributed by atoms with Crippen molar-refractivity contribution in [3.05, 3.63) is 11.6 Å². The van der Waals surface area contributed by atoms with E-state index in [1.54, 1.807) is 6.08 Å². The van der Waals surface area contributed by atoms with Crippen molar-refractivity contribution in [1.82, 2.24) is 5.32 Å². The van der Waals surface area contributed by atoms with Gasteiger partial charge in [-0.15, -0.1) is 0 Å². The van der Waals surface area contributed by atoms with Gasteiger partial charge in [-0.05, 0) is 25.7 Å². The predicted octanol–water partition coefficient (Wildman–Crippen LogP) is 3.53. The van der Waals surface area contributed by atoms with Crippen LogP contribution in [-0.4, -0.2) is 12.5 Å². The van der Waals surface area contributed by atoms with Gasteiger partial charge < -0.3 is 5.32 Å². The number of hydrogen-bond donors (Lipinski definition) is 1. The first-order chi connectivity index (χ1) is 6.81. The molecular weight excluding hydrogens is 186 g/mol. The maximum Gasteiger partial charge on any atom is 0.243 e. The summed E-state index contributed by atoms with van der Waals surface area (Å²) < 4.78 is 0. The topological polar surface area (TPSA) is 29.1 Å². The number of hydrogen-bond acceptors (Lipinski definition) is 1. The fraction of sp³-hybridized carbons (Fsp3) is 0.769. The third kappa shape index (κ3) is 15.9. The van der Waals surface area contributed by atoms with Crippen LogP contribution in [0.1, 0.15) is 54.9 Å². The molecule has 2 heteroatoms. The van der Waals surface area contributed by atoms with Gasteiger partial charge in [0.15, 0.2) is 0 Å². The van der Waals surface area contributed by atoms with Crippen LogP contribution in [0.4, 0.5) is 0 Å². The summed E-state index contributed by atoms with van der Waals surface area (Å²) in [6.07, 6.45) is 2.64. The fourth-order valence-corrected chi connectivity index (χ4v) is 0.874. The minimum atomic E-state index is 0.0178. The molecule has 0 aromatic heterocycles. The van der Waals surface area contributed by atoms with Gasteiger partial charge in [0, 0.05) is 12.6 Å². The highest BCUT2D eigenvalue weighted by molar-refractivity contribution is 5.87. The Bertz CT molecular complexity index is 195. The van der Waals surface area contributed by atoms with Gasteiger partial charge in [-0.3, -0.25) is 4.79 Å². The van der Waals surface area contributed by atoms with Crippen LogP contribution in [0.3, 0.4) is 0 Å². The molecule has 0 saturated heterocycles. The molecule has 0 unspecified atom stereocenters. The van der Waals surface area contributed by atoms with Crippen molar-refractivity contribution < 1.29 is 4.79 Å². The molecule has 0 spiro atoms. The maximum atomic E-state index is 11.2. The Labute approximate surface area is 95.1 Å². The van der Waals surface area contributed by atoms with E-state index in [2.05, 4.69) is 26.1 Å². The number of nitrogens with one attached hydrogen (secondary N) is 1. The fourth-order valence-electron chi connectivity index (χ4n) is 0.874. The summed E-state index contributed by atoms with van der Waals surface area (Å²) in [5.74, 6) is 0.0178. The lowest BCUT2D eigenvalue weighted by Crippen LogP contribution is -2.25. The van der Waals surface area contributed by atoms with Crippen LogP contribution >= 0.6 is 0 Å². The van der Waals surface area contributed by atoms with E-state index in [4.69, 9.17) is 0 Å². The van der Waals surface area contributed by atoms with Crippen LogP contribution in [0, 0.1) is 5.41 Å². The molecule has 0 aliphatic heterocycles. The van der Waals surface area contributed by atoms with Crippen LogP contribution < -0.4 is 5.32 Å². The third-order valence-corrected chi connectivity index (χ3v) is 1.59. The van der Waals surface area contributed by atoms with E-state index in [1.807, 2.05) is 27.7 Å². The van der Waals surface area contributed by atoms with Crippen molar-refractivity contribution >= 4 is 5.91 Å². The highest BCUT2D eigenvalue weighted by Gasteiger charge is 2.09. The number of carbonyl (C=O) groups is 1. The minimum Gasteiger partial charge on any atom is -0.353 e. The van der Waals surface area contributed by atoms with E-state index >= 15 is 0 Å². The zero-order valence-electron chi connectivity index (χ0n) is 11.4. The van der Waals surface area contributed by atoms with Crippen molar-refractivity contribution in [3.8, 4) is 0 Å². The Morgan fingerprint density at radius 3 is 2.00 bits per heavy atom. The van der Waals surface area contributed by atoms with Crippen LogP contribution in [0.15, 0.2) is 11.6 Å². The van der Waals surface area contributed by atoms with Crippen LogP contribution in [0.2, 0.25) is 0 Å². The van der Waals surface area contributed by atoms with E-state index in [-0.39, 0.29) is 11.3 Å². The number of amides is 1. The molecule has 0 aromatic carbocycles. The minimum absolute atomic E-state index is 0.0178. The van der Waals surface area contributed by atoms with Crippen molar-refractivity contribution in [1.29, 1.82) is 0 Å². The third-order valence-electron chi connectivity index (χ3n) is 1.59. The van der Waals surface area contributed by atoms with Crippen molar-refractivity contribution in [2.45, 2.75) is 54.9 Å². The SMILES string of the molecule is CC.CC(C)=CC(=O)NCCC(C)(C)C. The van der Waals surface area contributed by atoms with Crippen molar-refractivity contribution in [3.63, 3.8) is 0 Å². The van der Waals surface area contributed by atoms with Gasteiger partial charge in [0.25, 0.3) is 0 Å². The normalized spacial score (nSPS) is 9.80. The average Bonchev–Trinajstić information content (AvgIpc) is 2.03. The van der Waals surface area contributed by atoms with Crippen molar-refractivity contribution in [2.75, 3.05) is 6.54 Å². The first kappa shape index (κ1) is 16.6. The van der Waals surface area contributed by atoms with Crippen LogP contribution in [0.25, 0.3) is 0 Å². The largest absolute Gasteiger partial charge is 0.353 e. The monoisotopic (exact) mass is 213 g/mol. The summed E-state index contributed by atoms with van der Waals surface area (Å²) in [5.41, 5.74) is 1.33. The molecule has 0 radical (unpaired) electrons. The van der Waals surface area contributed by atoms with E-state index < -0.39 is 0 Å². The van der Waals surface area contributed by atoms with Gasteiger partial charge in [-0.25, -0.2) is 0 Å². The van der Waals surface area contributed by atoms with Gasteiger partial charge in [-0.2, -0.15) is 0 Å². The Morgan fingerprint density at radius 1 is 1.20 bits per heavy atom. The molecule has 0 bridgehead atoms. The lowest BCUT2D eigenvalue weighted by molar-refractivity contribution is -0.116. The second kappa shape index (κ2) is 8.51. The molecule has 0 fully saturated rings. The van der Waals surface area contributed by atoms with E-state index in [1.165, 1.54) is 0 Å². The van der Waals surface area contributed by atoms with E-state index in [9.17, 15) is 4.79 Å². The highest BCUT2D eigenvalue weighted by atomic mass is 16.1. The summed E-state index contributed by atoms with van der Waals surface area (Å²) in [6, 6.07) is 0. The molecule has 15 heavy (non-hydrogen) atoms. The van der Waals surface area contributed by atoms with Gasteiger partial charge in [-0.1, -0.05) is 40.2 Å². The number of rotatable bonds is 3. The summed E-state index contributed by atoms with van der Waals surface area (Å²) in [6.45, 7) is 15.1. The van der Waals surface area contributed by atoms with Crippen LogP contribution in [0.5, 0.6) is 0 Å². The summed E-state index contributed by atoms with van der Waals surface area (Å²) >= 11 is 0. The molecule has 0 aromatic rings. The van der Waals surface area contributed by atoms with Crippen LogP contribution in [-0.2, 0) is 4.79 Å². The average molecular weight is 213 g/mol. The lowest BCUT2D eigenvalue weighted by Gasteiger charge is -2.17. The van der Waals surface area contributed by atoms with E-state index in [0.717, 1.165) is 18.5 Å². The molecule has 1 N–H and O–H groups in total. The van der Waals surface area contributed by atoms with Gasteiger partial charge in [0.2, 0.25) is 5.91 Å². The molecule has 0 aliphatic rings. The molecule has 1 amide bonds. The van der Waals surface area contributed by atoms with Crippen molar-refractivity contribution in [2.24, 2.45) is 5.41 Å². The molecule has 0 aliphatic carbocycles. The highest BCUT2D eigenvalue weighted by Crippen LogP contribution is 2.16. The summed E-state index contributed by atoms with van der Waals surface area (Å²) in [7, 11) is 0. The first-order valence-corrected chi connectivity index (χ1v) is 5.74. The zero-order chi connectivity index (χ0) is 12.5. The quantitative estimate of drug-likeness (QED) is 0.714. The Morgan fingerprint density at radius 2 is 1.67 bits per heavy atom. The standard InChI is InChI=1S/C11H21NO.C2H6/c1-9(2)8-10(13)12-7-6-11(3,4)5;1-2/h8H,6-7H2,1-5H3,(H,12,13);1-2H3. The zero-order valence-corrected chi connectivity index (χ0v) is 11.4. The smallest absolute Gasteiger partial charge is 0.243 e. The molecule has 0 atom stereocenters. The van der Waals surface area contributed by atoms with Gasteiger partial charge in [0.05, 0.1) is 0 Å². The molecule has 2 nitrogen and oxygen atoms in total. The number of allylic oxidation sites excluding steroid dienone is 1. The lowest BCUT2D eigenvalue weighted by atomic mass is 9.92. The molecular formula is C13H27NO. The number of carbonyl (C=O) groups excluding carboxylic acids is 1. The summed E-state index contributed by atoms with van der Waals surface area (Å²) in [5, 5.41) is 2.86. The maximum absolute atomic E-state index is 11.2. The second-order valence-electron chi connectivity index (χ2n) is 4.82. The summed E-state index contributed by atoms with van der Waals surface area (Å²) in [4.78, 5) is 11.2. The molecule has 90 valence electrons. The van der Waals surface area contributed by atoms with E-state index in [0.29, 0.717) is 0 Å². The second-order valence-corrected chi connectivity index (χ2v) is 4.82. The Hall–Kier alpha value is -0.790. The predicted molar refractivity (Wildman–Crippen MR) is 67.9 cm³/mol. The molecule has 0 rings (SSSR count). The van der Waals surface area contributed by atoms with Gasteiger partial charge in [0.1, 0.15) is 0 Å². The molecule has 0 saturated carbocycles. The Kier molecular flexibility index (Phi) is 9.44. The first-order valence-electron chi connectivity index (χ1n) is 5.74. The Balaban J connectivity index is 0. The molecule has 0 heterocycles.